The van der Waals surface area contributed by atoms with Crippen LogP contribution >= 0.6 is 0 Å². The van der Waals surface area contributed by atoms with Crippen molar-refractivity contribution in [3.8, 4) is 22.4 Å². The second-order valence-corrected chi connectivity index (χ2v) is 10.6. The summed E-state index contributed by atoms with van der Waals surface area (Å²) in [5.74, 6) is -0.910. The quantitative estimate of drug-likeness (QED) is 0.171. The van der Waals surface area contributed by atoms with Crippen LogP contribution in [0.5, 0.6) is 0 Å². The lowest BCUT2D eigenvalue weighted by molar-refractivity contribution is -0.136. The maximum absolute atomic E-state index is 13.3. The molecule has 2 aliphatic heterocycles. The van der Waals surface area contributed by atoms with Gasteiger partial charge in [0.15, 0.2) is 0 Å². The Labute approximate surface area is 236 Å². The number of benzene rings is 2. The van der Waals surface area contributed by atoms with Gasteiger partial charge in [-0.15, -0.1) is 0 Å². The molecule has 3 amide bonds. The molecule has 2 aromatic heterocycles. The molecule has 11 heteroatoms. The average Bonchev–Trinajstić information content (AvgIpc) is 3.69. The lowest BCUT2D eigenvalue weighted by Crippen LogP contribution is -2.52. The molecule has 3 aliphatic rings. The molecule has 1 fully saturated rings. The van der Waals surface area contributed by atoms with Crippen LogP contribution in [0.1, 0.15) is 46.3 Å². The van der Waals surface area contributed by atoms with Crippen LogP contribution in [0.4, 0.5) is 0 Å². The van der Waals surface area contributed by atoms with Gasteiger partial charge in [0.05, 0.1) is 11.4 Å². The van der Waals surface area contributed by atoms with Crippen molar-refractivity contribution < 1.29 is 19.6 Å². The monoisotopic (exact) mass is 544 g/mol. The second-order valence-electron chi connectivity index (χ2n) is 10.6. The Bertz CT molecular complexity index is 1770. The van der Waals surface area contributed by atoms with Crippen molar-refractivity contribution in [1.29, 1.82) is 0 Å². The van der Waals surface area contributed by atoms with Gasteiger partial charge in [-0.25, -0.2) is 0 Å². The SMILES string of the molecule is O=C1CCC(N2Cc3ccc(Bn4cc(-c5ccc6c(c5)CC/C6=N\O)c(-c5ccncc5)n4)cc3C2=O)C(=O)N1. The first kappa shape index (κ1) is 24.9. The molecule has 1 aliphatic carbocycles. The third-order valence-corrected chi connectivity index (χ3v) is 8.13. The number of aromatic nitrogens is 3. The zero-order valence-electron chi connectivity index (χ0n) is 22.1. The van der Waals surface area contributed by atoms with Crippen LogP contribution in [0, 0.1) is 0 Å². The summed E-state index contributed by atoms with van der Waals surface area (Å²) in [5, 5.41) is 20.1. The highest BCUT2D eigenvalue weighted by Crippen LogP contribution is 2.34. The first-order valence-corrected chi connectivity index (χ1v) is 13.6. The Morgan fingerprint density at radius 3 is 2.56 bits per heavy atom. The standard InChI is InChI=1S/C30H25BN6O4/c38-27-8-7-26(29(39)33-27)36-15-20-1-4-21(14-23(20)30(36)40)31-37-16-24(28(34-37)17-9-11-32-12-10-17)19-2-5-22-18(13-19)3-6-25(22)35-41/h1-2,4-5,9-14,16,26,31,41H,3,6-8,15H2,(H,33,38,39)/b35-25+. The largest absolute Gasteiger partial charge is 0.411 e. The van der Waals surface area contributed by atoms with Crippen LogP contribution in [0.15, 0.2) is 72.3 Å². The van der Waals surface area contributed by atoms with E-state index >= 15 is 0 Å². The predicted molar refractivity (Wildman–Crippen MR) is 152 cm³/mol. The summed E-state index contributed by atoms with van der Waals surface area (Å²) < 4.78 is 1.87. The number of amides is 3. The number of pyridine rings is 1. The minimum atomic E-state index is -0.639. The number of carbonyl (C=O) groups excluding carboxylic acids is 3. The van der Waals surface area contributed by atoms with Crippen LogP contribution in [0.25, 0.3) is 22.4 Å². The van der Waals surface area contributed by atoms with Gasteiger partial charge < -0.3 is 14.7 Å². The molecule has 0 spiro atoms. The Morgan fingerprint density at radius 1 is 0.902 bits per heavy atom. The van der Waals surface area contributed by atoms with E-state index in [4.69, 9.17) is 5.10 Å². The number of imide groups is 1. The predicted octanol–water partition coefficient (Wildman–Crippen LogP) is 2.02. The topological polar surface area (TPSA) is 130 Å². The zero-order valence-corrected chi connectivity index (χ0v) is 22.1. The van der Waals surface area contributed by atoms with Gasteiger partial charge in [0, 0.05) is 53.8 Å². The number of oxime groups is 1. The van der Waals surface area contributed by atoms with Crippen LogP contribution in [0.2, 0.25) is 0 Å². The Morgan fingerprint density at radius 2 is 1.76 bits per heavy atom. The molecule has 4 heterocycles. The normalized spacial score (nSPS) is 18.9. The third-order valence-electron chi connectivity index (χ3n) is 8.13. The summed E-state index contributed by atoms with van der Waals surface area (Å²) in [4.78, 5) is 43.0. The summed E-state index contributed by atoms with van der Waals surface area (Å²) in [6.45, 7) is 0.347. The Hall–Kier alpha value is -5.06. The molecule has 202 valence electrons. The van der Waals surface area contributed by atoms with Crippen molar-refractivity contribution >= 4 is 36.3 Å². The lowest BCUT2D eigenvalue weighted by Gasteiger charge is -2.29. The smallest absolute Gasteiger partial charge is 0.298 e. The van der Waals surface area contributed by atoms with E-state index < -0.39 is 11.9 Å². The third kappa shape index (κ3) is 4.39. The van der Waals surface area contributed by atoms with E-state index in [1.54, 1.807) is 17.3 Å². The molecule has 0 radical (unpaired) electrons. The Kier molecular flexibility index (Phi) is 5.99. The molecule has 2 N–H and O–H groups in total. The summed E-state index contributed by atoms with van der Waals surface area (Å²) in [6, 6.07) is 15.2. The molecule has 2 aromatic carbocycles. The van der Waals surface area contributed by atoms with E-state index in [-0.39, 0.29) is 18.2 Å². The van der Waals surface area contributed by atoms with Crippen molar-refractivity contribution in [3.05, 3.63) is 89.4 Å². The molecule has 41 heavy (non-hydrogen) atoms. The van der Waals surface area contributed by atoms with Gasteiger partial charge in [0.2, 0.25) is 11.8 Å². The van der Waals surface area contributed by atoms with Gasteiger partial charge in [-0.3, -0.25) is 24.7 Å². The van der Waals surface area contributed by atoms with Crippen molar-refractivity contribution in [2.45, 2.75) is 38.3 Å². The van der Waals surface area contributed by atoms with Crippen molar-refractivity contribution in [1.82, 2.24) is 24.9 Å². The van der Waals surface area contributed by atoms with Crippen molar-refractivity contribution in [2.75, 3.05) is 0 Å². The number of carbonyl (C=O) groups is 3. The fourth-order valence-electron chi connectivity index (χ4n) is 6.07. The van der Waals surface area contributed by atoms with Gasteiger partial charge in [-0.1, -0.05) is 47.0 Å². The van der Waals surface area contributed by atoms with E-state index in [0.29, 0.717) is 38.1 Å². The number of aryl methyl sites for hydroxylation is 1. The molecule has 1 unspecified atom stereocenters. The van der Waals surface area contributed by atoms with Crippen LogP contribution in [-0.2, 0) is 22.6 Å². The van der Waals surface area contributed by atoms with Gasteiger partial charge in [-0.05, 0) is 48.1 Å². The molecular formula is C30H25BN6O4. The number of hydrogen-bond donors (Lipinski definition) is 2. The highest BCUT2D eigenvalue weighted by atomic mass is 16.4. The highest BCUT2D eigenvalue weighted by molar-refractivity contribution is 6.51. The molecule has 1 atom stereocenters. The Balaban J connectivity index is 1.19. The first-order valence-electron chi connectivity index (χ1n) is 13.6. The summed E-state index contributed by atoms with van der Waals surface area (Å²) >= 11 is 0. The van der Waals surface area contributed by atoms with E-state index in [0.717, 1.165) is 51.0 Å². The van der Waals surface area contributed by atoms with E-state index in [2.05, 4.69) is 21.5 Å². The number of piperidine rings is 1. The fraction of sp³-hybridized carbons (Fsp3) is 0.200. The lowest BCUT2D eigenvalue weighted by atomic mass is 9.81. The summed E-state index contributed by atoms with van der Waals surface area (Å²) in [6.07, 6.45) is 7.59. The molecule has 10 nitrogen and oxygen atoms in total. The summed E-state index contributed by atoms with van der Waals surface area (Å²) in [5.41, 5.74) is 8.93. The van der Waals surface area contributed by atoms with Crippen LogP contribution in [0.3, 0.4) is 0 Å². The van der Waals surface area contributed by atoms with Gasteiger partial charge in [0.25, 0.3) is 13.3 Å². The molecular weight excluding hydrogens is 519 g/mol. The van der Waals surface area contributed by atoms with E-state index in [1.807, 2.05) is 53.3 Å². The number of hydrogen-bond acceptors (Lipinski definition) is 7. The first-order chi connectivity index (χ1) is 20.0. The number of fused-ring (bicyclic) bond motifs is 2. The average molecular weight is 544 g/mol. The minimum Gasteiger partial charge on any atom is -0.411 e. The second kappa shape index (κ2) is 9.85. The van der Waals surface area contributed by atoms with Crippen molar-refractivity contribution in [2.24, 2.45) is 5.16 Å². The molecule has 4 aromatic rings. The van der Waals surface area contributed by atoms with Gasteiger partial charge in [-0.2, -0.15) is 5.10 Å². The van der Waals surface area contributed by atoms with Gasteiger partial charge >= 0.3 is 0 Å². The van der Waals surface area contributed by atoms with Crippen molar-refractivity contribution in [3.63, 3.8) is 0 Å². The highest BCUT2D eigenvalue weighted by Gasteiger charge is 2.39. The van der Waals surface area contributed by atoms with Crippen LogP contribution < -0.4 is 10.8 Å². The molecule has 7 rings (SSSR count). The maximum atomic E-state index is 13.3. The van der Waals surface area contributed by atoms with E-state index in [1.165, 1.54) is 0 Å². The minimum absolute atomic E-state index is 0.195. The van der Waals surface area contributed by atoms with E-state index in [9.17, 15) is 19.6 Å². The molecule has 0 saturated carbocycles. The number of nitrogens with zero attached hydrogens (tertiary/aromatic N) is 5. The zero-order chi connectivity index (χ0) is 28.1. The fourth-order valence-corrected chi connectivity index (χ4v) is 6.07. The van der Waals surface area contributed by atoms with Gasteiger partial charge in [0.1, 0.15) is 6.04 Å². The molecule has 0 bridgehead atoms. The maximum Gasteiger partial charge on any atom is 0.298 e. The number of rotatable bonds is 5. The summed E-state index contributed by atoms with van der Waals surface area (Å²) in [7, 11) is 0.448. The molecule has 1 saturated heterocycles. The van der Waals surface area contributed by atoms with Crippen LogP contribution in [-0.4, -0.2) is 61.7 Å². The number of nitrogens with one attached hydrogen (secondary N) is 1.